The number of hydrogen-bond acceptors (Lipinski definition) is 3. The molecule has 0 amide bonds. The Balaban J connectivity index is 0.000001000. The molecule has 0 aliphatic carbocycles. The van der Waals surface area contributed by atoms with E-state index in [1.165, 1.54) is 0 Å². The summed E-state index contributed by atoms with van der Waals surface area (Å²) in [4.78, 5) is 0. The molecule has 4 N–H and O–H groups in total. The number of amidine groups is 1. The van der Waals surface area contributed by atoms with Crippen molar-refractivity contribution < 1.29 is 9.84 Å². The normalized spacial score (nSPS) is 21.9. The Bertz CT molecular complexity index is 146. The molecule has 0 spiro atoms. The van der Waals surface area contributed by atoms with Crippen molar-refractivity contribution >= 4 is 18.2 Å². The zero-order valence-corrected chi connectivity index (χ0v) is 6.99. The average Bonchev–Trinajstić information content (AvgIpc) is 1.89. The van der Waals surface area contributed by atoms with E-state index in [9.17, 15) is 5.11 Å². The molecule has 5 heteroatoms. The fourth-order valence-electron chi connectivity index (χ4n) is 0.978. The van der Waals surface area contributed by atoms with Crippen molar-refractivity contribution in [2.75, 3.05) is 13.2 Å². The highest BCUT2D eigenvalue weighted by Crippen LogP contribution is 2.19. The molecule has 1 aliphatic rings. The number of halogens is 1. The number of hydrogen-bond donors (Lipinski definition) is 3. The van der Waals surface area contributed by atoms with Crippen LogP contribution in [0.2, 0.25) is 0 Å². The van der Waals surface area contributed by atoms with E-state index in [0.717, 1.165) is 0 Å². The largest absolute Gasteiger partial charge is 0.385 e. The fourth-order valence-corrected chi connectivity index (χ4v) is 0.978. The van der Waals surface area contributed by atoms with E-state index in [2.05, 4.69) is 0 Å². The molecule has 0 aromatic heterocycles. The third-order valence-corrected chi connectivity index (χ3v) is 1.82. The smallest absolute Gasteiger partial charge is 0.125 e. The zero-order chi connectivity index (χ0) is 7.61. The van der Waals surface area contributed by atoms with Gasteiger partial charge in [0.2, 0.25) is 0 Å². The molecule has 1 aliphatic heterocycles. The van der Waals surface area contributed by atoms with Gasteiger partial charge < -0.3 is 15.6 Å². The van der Waals surface area contributed by atoms with Crippen molar-refractivity contribution in [3.63, 3.8) is 0 Å². The fraction of sp³-hybridized carbons (Fsp3) is 0.833. The third-order valence-electron chi connectivity index (χ3n) is 1.82. The second-order valence-electron chi connectivity index (χ2n) is 2.56. The van der Waals surface area contributed by atoms with Gasteiger partial charge >= 0.3 is 0 Å². The summed E-state index contributed by atoms with van der Waals surface area (Å²) >= 11 is 0. The molecule has 0 aromatic carbocycles. The van der Waals surface area contributed by atoms with Gasteiger partial charge in [0, 0.05) is 26.1 Å². The summed E-state index contributed by atoms with van der Waals surface area (Å²) in [6.07, 6.45) is 0.894. The van der Waals surface area contributed by atoms with Crippen LogP contribution in [0.1, 0.15) is 12.8 Å². The molecule has 4 nitrogen and oxygen atoms in total. The lowest BCUT2D eigenvalue weighted by Crippen LogP contribution is -2.47. The minimum atomic E-state index is -1.09. The van der Waals surface area contributed by atoms with Gasteiger partial charge in [0.1, 0.15) is 11.4 Å². The Morgan fingerprint density at radius 1 is 1.45 bits per heavy atom. The summed E-state index contributed by atoms with van der Waals surface area (Å²) in [6, 6.07) is 0. The first-order valence-corrected chi connectivity index (χ1v) is 3.30. The van der Waals surface area contributed by atoms with E-state index in [-0.39, 0.29) is 18.2 Å². The Kier molecular flexibility index (Phi) is 3.78. The number of aliphatic hydroxyl groups is 1. The van der Waals surface area contributed by atoms with Crippen molar-refractivity contribution in [3.05, 3.63) is 0 Å². The highest BCUT2D eigenvalue weighted by Gasteiger charge is 2.32. The minimum absolute atomic E-state index is 0. The van der Waals surface area contributed by atoms with E-state index < -0.39 is 5.60 Å². The Morgan fingerprint density at radius 3 is 2.18 bits per heavy atom. The van der Waals surface area contributed by atoms with Crippen LogP contribution in [0.3, 0.4) is 0 Å². The zero-order valence-electron chi connectivity index (χ0n) is 6.17. The van der Waals surface area contributed by atoms with Gasteiger partial charge in [-0.3, -0.25) is 5.41 Å². The maximum Gasteiger partial charge on any atom is 0.125 e. The van der Waals surface area contributed by atoms with Crippen LogP contribution in [0.25, 0.3) is 0 Å². The topological polar surface area (TPSA) is 79.3 Å². The number of nitrogens with one attached hydrogen (secondary N) is 1. The second-order valence-corrected chi connectivity index (χ2v) is 2.56. The molecule has 0 radical (unpaired) electrons. The molecule has 1 heterocycles. The molecule has 0 bridgehead atoms. The van der Waals surface area contributed by atoms with Gasteiger partial charge in [0.05, 0.1) is 0 Å². The summed E-state index contributed by atoms with van der Waals surface area (Å²) in [5.74, 6) is -0.143. The van der Waals surface area contributed by atoms with Gasteiger partial charge in [0.15, 0.2) is 0 Å². The first-order valence-electron chi connectivity index (χ1n) is 3.30. The van der Waals surface area contributed by atoms with Crippen molar-refractivity contribution in [1.29, 1.82) is 5.41 Å². The molecule has 1 fully saturated rings. The monoisotopic (exact) mass is 180 g/mol. The van der Waals surface area contributed by atoms with Crippen LogP contribution in [0.15, 0.2) is 0 Å². The van der Waals surface area contributed by atoms with Crippen LogP contribution >= 0.6 is 12.4 Å². The molecule has 0 atom stereocenters. The molecular formula is C6H13ClN2O2. The van der Waals surface area contributed by atoms with Gasteiger partial charge in [-0.2, -0.15) is 0 Å². The van der Waals surface area contributed by atoms with Crippen LogP contribution in [0, 0.1) is 5.41 Å². The van der Waals surface area contributed by atoms with Crippen molar-refractivity contribution in [2.24, 2.45) is 5.73 Å². The van der Waals surface area contributed by atoms with E-state index in [1.807, 2.05) is 0 Å². The maximum absolute atomic E-state index is 9.52. The highest BCUT2D eigenvalue weighted by molar-refractivity contribution is 5.86. The lowest BCUT2D eigenvalue weighted by molar-refractivity contribution is -0.0211. The number of nitrogens with two attached hydrogens (primary N) is 1. The molecule has 0 unspecified atom stereocenters. The third kappa shape index (κ3) is 2.32. The number of rotatable bonds is 1. The predicted octanol–water partition coefficient (Wildman–Crippen LogP) is -0.114. The molecule has 1 rings (SSSR count). The Hall–Kier alpha value is -0.320. The molecule has 0 aromatic rings. The van der Waals surface area contributed by atoms with E-state index in [1.54, 1.807) is 0 Å². The highest BCUT2D eigenvalue weighted by atomic mass is 35.5. The summed E-state index contributed by atoms with van der Waals surface area (Å²) in [6.45, 7) is 0.992. The van der Waals surface area contributed by atoms with Crippen LogP contribution in [0.4, 0.5) is 0 Å². The van der Waals surface area contributed by atoms with Crippen molar-refractivity contribution in [3.8, 4) is 0 Å². The second kappa shape index (κ2) is 3.90. The standard InChI is InChI=1S/C6H12N2O2.ClH/c7-5(8)6(9)1-3-10-4-2-6;/h9H,1-4H2,(H3,7,8);1H. The van der Waals surface area contributed by atoms with Gasteiger partial charge in [-0.15, -0.1) is 12.4 Å². The molecular weight excluding hydrogens is 168 g/mol. The summed E-state index contributed by atoms with van der Waals surface area (Å²) < 4.78 is 5.00. The first kappa shape index (κ1) is 10.7. The van der Waals surface area contributed by atoms with Crippen molar-refractivity contribution in [1.82, 2.24) is 0 Å². The van der Waals surface area contributed by atoms with Crippen LogP contribution in [-0.4, -0.2) is 29.8 Å². The van der Waals surface area contributed by atoms with Crippen LogP contribution in [0.5, 0.6) is 0 Å². The molecule has 1 saturated heterocycles. The average molecular weight is 181 g/mol. The lowest BCUT2D eigenvalue weighted by Gasteiger charge is -2.30. The summed E-state index contributed by atoms with van der Waals surface area (Å²) in [5, 5.41) is 16.6. The molecule has 11 heavy (non-hydrogen) atoms. The van der Waals surface area contributed by atoms with Gasteiger partial charge in [-0.25, -0.2) is 0 Å². The van der Waals surface area contributed by atoms with E-state index >= 15 is 0 Å². The maximum atomic E-state index is 9.52. The predicted molar refractivity (Wildman–Crippen MR) is 44.2 cm³/mol. The van der Waals surface area contributed by atoms with Gasteiger partial charge in [0.25, 0.3) is 0 Å². The van der Waals surface area contributed by atoms with Crippen molar-refractivity contribution in [2.45, 2.75) is 18.4 Å². The summed E-state index contributed by atoms with van der Waals surface area (Å²) in [7, 11) is 0. The van der Waals surface area contributed by atoms with E-state index in [4.69, 9.17) is 15.9 Å². The first-order chi connectivity index (χ1) is 4.65. The summed E-state index contributed by atoms with van der Waals surface area (Å²) in [5.41, 5.74) is 4.09. The Morgan fingerprint density at radius 2 is 1.91 bits per heavy atom. The molecule has 0 saturated carbocycles. The minimum Gasteiger partial charge on any atom is -0.385 e. The Labute approximate surface area is 71.6 Å². The van der Waals surface area contributed by atoms with Gasteiger partial charge in [-0.05, 0) is 0 Å². The van der Waals surface area contributed by atoms with Crippen LogP contribution in [-0.2, 0) is 4.74 Å². The number of ether oxygens (including phenoxy) is 1. The SMILES string of the molecule is Cl.N=C(N)C1(O)CCOCC1. The van der Waals surface area contributed by atoms with Gasteiger partial charge in [-0.1, -0.05) is 0 Å². The molecule has 66 valence electrons. The quantitative estimate of drug-likeness (QED) is 0.389. The van der Waals surface area contributed by atoms with Crippen LogP contribution < -0.4 is 5.73 Å². The van der Waals surface area contributed by atoms with E-state index in [0.29, 0.717) is 26.1 Å². The lowest BCUT2D eigenvalue weighted by atomic mass is 9.93.